The Hall–Kier alpha value is -1.22. The summed E-state index contributed by atoms with van der Waals surface area (Å²) in [6, 6.07) is 2.42. The smallest absolute Gasteiger partial charge is 0.270 e. The minimum atomic E-state index is -0.165. The summed E-state index contributed by atoms with van der Waals surface area (Å²) in [4.78, 5) is 11.6. The molecule has 0 aromatic carbocycles. The zero-order chi connectivity index (χ0) is 13.8. The third-order valence-corrected chi connectivity index (χ3v) is 5.29. The average molecular weight is 280 g/mol. The standard InChI is InChI=1S/C13H20N4OS/c1-3-9-5-6-10(8-14)11(7-9)19-13-16-15-12(18)17(13)4-2/h9-11H,3-7H2,1-2H3,(H,15,18). The zero-order valence-electron chi connectivity index (χ0n) is 11.4. The maximum atomic E-state index is 11.6. The second-order valence-electron chi connectivity index (χ2n) is 5.03. The van der Waals surface area contributed by atoms with Crippen molar-refractivity contribution in [2.24, 2.45) is 11.8 Å². The van der Waals surface area contributed by atoms with Crippen molar-refractivity contribution in [2.45, 2.75) is 56.5 Å². The number of rotatable bonds is 4. The van der Waals surface area contributed by atoms with Gasteiger partial charge in [0.25, 0.3) is 0 Å². The monoisotopic (exact) mass is 280 g/mol. The highest BCUT2D eigenvalue weighted by atomic mass is 32.2. The third-order valence-electron chi connectivity index (χ3n) is 3.94. The van der Waals surface area contributed by atoms with E-state index in [-0.39, 0.29) is 16.9 Å². The van der Waals surface area contributed by atoms with Crippen molar-refractivity contribution in [3.63, 3.8) is 0 Å². The summed E-state index contributed by atoms with van der Waals surface area (Å²) in [5, 5.41) is 16.8. The summed E-state index contributed by atoms with van der Waals surface area (Å²) in [6.07, 6.45) is 4.32. The van der Waals surface area contributed by atoms with Crippen LogP contribution < -0.4 is 5.69 Å². The molecule has 1 aromatic heterocycles. The molecule has 1 N–H and O–H groups in total. The van der Waals surface area contributed by atoms with E-state index >= 15 is 0 Å². The van der Waals surface area contributed by atoms with Crippen LogP contribution in [0.2, 0.25) is 0 Å². The molecule has 1 saturated carbocycles. The first-order valence-electron chi connectivity index (χ1n) is 6.91. The number of nitriles is 1. The van der Waals surface area contributed by atoms with Gasteiger partial charge in [-0.1, -0.05) is 25.1 Å². The van der Waals surface area contributed by atoms with E-state index in [2.05, 4.69) is 23.2 Å². The minimum Gasteiger partial charge on any atom is -0.270 e. The van der Waals surface area contributed by atoms with Gasteiger partial charge in [-0.15, -0.1) is 5.10 Å². The molecule has 3 unspecified atom stereocenters. The van der Waals surface area contributed by atoms with Crippen LogP contribution in [0.25, 0.3) is 0 Å². The lowest BCUT2D eigenvalue weighted by molar-refractivity contribution is 0.316. The van der Waals surface area contributed by atoms with Crippen LogP contribution in [0.4, 0.5) is 0 Å². The molecule has 19 heavy (non-hydrogen) atoms. The molecule has 0 saturated heterocycles. The number of nitrogens with one attached hydrogen (secondary N) is 1. The fraction of sp³-hybridized carbons (Fsp3) is 0.769. The van der Waals surface area contributed by atoms with Gasteiger partial charge in [-0.2, -0.15) is 5.26 Å². The van der Waals surface area contributed by atoms with Crippen LogP contribution >= 0.6 is 11.8 Å². The van der Waals surface area contributed by atoms with Crippen LogP contribution in [-0.4, -0.2) is 20.0 Å². The Balaban J connectivity index is 2.15. The molecule has 5 nitrogen and oxygen atoms in total. The van der Waals surface area contributed by atoms with Crippen molar-refractivity contribution in [3.05, 3.63) is 10.5 Å². The molecule has 1 fully saturated rings. The summed E-state index contributed by atoms with van der Waals surface area (Å²) < 4.78 is 1.63. The Kier molecular flexibility index (Phi) is 4.70. The predicted octanol–water partition coefficient (Wildman–Crippen LogP) is 2.40. The topological polar surface area (TPSA) is 74.5 Å². The molecule has 0 bridgehead atoms. The molecule has 1 aliphatic rings. The molecule has 2 rings (SSSR count). The predicted molar refractivity (Wildman–Crippen MR) is 74.9 cm³/mol. The summed E-state index contributed by atoms with van der Waals surface area (Å²) in [6.45, 7) is 4.74. The lowest BCUT2D eigenvalue weighted by Gasteiger charge is -2.31. The van der Waals surface area contributed by atoms with Crippen molar-refractivity contribution in [2.75, 3.05) is 0 Å². The van der Waals surface area contributed by atoms with E-state index < -0.39 is 0 Å². The van der Waals surface area contributed by atoms with Crippen LogP contribution in [0.3, 0.4) is 0 Å². The van der Waals surface area contributed by atoms with Gasteiger partial charge in [-0.25, -0.2) is 9.89 Å². The molecule has 6 heteroatoms. The molecule has 1 heterocycles. The highest BCUT2D eigenvalue weighted by molar-refractivity contribution is 7.99. The van der Waals surface area contributed by atoms with Crippen LogP contribution in [0.1, 0.15) is 39.5 Å². The molecular formula is C13H20N4OS. The second kappa shape index (κ2) is 6.29. The van der Waals surface area contributed by atoms with Gasteiger partial charge in [0, 0.05) is 11.8 Å². The summed E-state index contributed by atoms with van der Waals surface area (Å²) in [7, 11) is 0. The van der Waals surface area contributed by atoms with E-state index in [0.29, 0.717) is 12.5 Å². The van der Waals surface area contributed by atoms with Gasteiger partial charge in [-0.3, -0.25) is 4.57 Å². The fourth-order valence-corrected chi connectivity index (χ4v) is 4.11. The van der Waals surface area contributed by atoms with Crippen LogP contribution in [0.5, 0.6) is 0 Å². The Morgan fingerprint density at radius 3 is 2.95 bits per heavy atom. The minimum absolute atomic E-state index is 0.0740. The SMILES string of the molecule is CCC1CCC(C#N)C(Sc2n[nH]c(=O)n2CC)C1. The summed E-state index contributed by atoms with van der Waals surface area (Å²) >= 11 is 1.59. The second-order valence-corrected chi connectivity index (χ2v) is 6.24. The molecule has 0 spiro atoms. The Labute approximate surface area is 117 Å². The number of aromatic nitrogens is 3. The first-order valence-corrected chi connectivity index (χ1v) is 7.79. The molecule has 3 atom stereocenters. The molecule has 0 radical (unpaired) electrons. The Morgan fingerprint density at radius 1 is 1.53 bits per heavy atom. The van der Waals surface area contributed by atoms with Crippen LogP contribution in [-0.2, 0) is 6.54 Å². The van der Waals surface area contributed by atoms with Crippen LogP contribution in [0, 0.1) is 23.2 Å². The van der Waals surface area contributed by atoms with Gasteiger partial charge in [0.05, 0.1) is 12.0 Å². The average Bonchev–Trinajstić information content (AvgIpc) is 2.79. The zero-order valence-corrected chi connectivity index (χ0v) is 12.2. The normalized spacial score (nSPS) is 27.1. The number of hydrogen-bond donors (Lipinski definition) is 1. The number of nitrogens with zero attached hydrogens (tertiary/aromatic N) is 3. The van der Waals surface area contributed by atoms with Gasteiger partial charge in [-0.05, 0) is 32.1 Å². The maximum Gasteiger partial charge on any atom is 0.343 e. The molecule has 1 aliphatic carbocycles. The first kappa shape index (κ1) is 14.2. The van der Waals surface area contributed by atoms with E-state index in [0.717, 1.165) is 30.8 Å². The van der Waals surface area contributed by atoms with E-state index in [9.17, 15) is 10.1 Å². The van der Waals surface area contributed by atoms with Crippen molar-refractivity contribution in [3.8, 4) is 6.07 Å². The van der Waals surface area contributed by atoms with Gasteiger partial charge < -0.3 is 0 Å². The first-order chi connectivity index (χ1) is 9.19. The quantitative estimate of drug-likeness (QED) is 0.919. The fourth-order valence-electron chi connectivity index (χ4n) is 2.67. The van der Waals surface area contributed by atoms with E-state index in [1.54, 1.807) is 16.3 Å². The number of hydrogen-bond acceptors (Lipinski definition) is 4. The number of aromatic amines is 1. The molecule has 0 aliphatic heterocycles. The van der Waals surface area contributed by atoms with E-state index in [1.807, 2.05) is 6.92 Å². The molecule has 1 aromatic rings. The Bertz CT molecular complexity index is 515. The van der Waals surface area contributed by atoms with E-state index in [1.165, 1.54) is 0 Å². The van der Waals surface area contributed by atoms with Crippen molar-refractivity contribution >= 4 is 11.8 Å². The molecule has 104 valence electrons. The number of thioether (sulfide) groups is 1. The lowest BCUT2D eigenvalue weighted by Crippen LogP contribution is -2.27. The third kappa shape index (κ3) is 3.03. The van der Waals surface area contributed by atoms with Gasteiger partial charge in [0.15, 0.2) is 5.16 Å². The van der Waals surface area contributed by atoms with Gasteiger partial charge in [0.1, 0.15) is 0 Å². The highest BCUT2D eigenvalue weighted by Crippen LogP contribution is 2.39. The summed E-state index contributed by atoms with van der Waals surface area (Å²) in [5.74, 6) is 0.771. The van der Waals surface area contributed by atoms with Crippen LogP contribution in [0.15, 0.2) is 9.95 Å². The Morgan fingerprint density at radius 2 is 2.32 bits per heavy atom. The number of H-pyrrole nitrogens is 1. The molecule has 0 amide bonds. The van der Waals surface area contributed by atoms with Crippen molar-refractivity contribution in [1.82, 2.24) is 14.8 Å². The van der Waals surface area contributed by atoms with Gasteiger partial charge in [0.2, 0.25) is 0 Å². The molecular weight excluding hydrogens is 260 g/mol. The van der Waals surface area contributed by atoms with E-state index in [4.69, 9.17) is 0 Å². The van der Waals surface area contributed by atoms with Crippen molar-refractivity contribution in [1.29, 1.82) is 5.26 Å². The van der Waals surface area contributed by atoms with Gasteiger partial charge >= 0.3 is 5.69 Å². The van der Waals surface area contributed by atoms with Crippen molar-refractivity contribution < 1.29 is 0 Å². The largest absolute Gasteiger partial charge is 0.343 e. The highest BCUT2D eigenvalue weighted by Gasteiger charge is 2.31. The summed E-state index contributed by atoms with van der Waals surface area (Å²) in [5.41, 5.74) is -0.165. The maximum absolute atomic E-state index is 11.6. The lowest BCUT2D eigenvalue weighted by atomic mass is 9.81.